The lowest BCUT2D eigenvalue weighted by molar-refractivity contribution is 0.127. The lowest BCUT2D eigenvalue weighted by Gasteiger charge is -2.30. The first-order chi connectivity index (χ1) is 10.1. The number of benzene rings is 1. The van der Waals surface area contributed by atoms with Crippen LogP contribution in [0.1, 0.15) is 26.7 Å². The molecule has 0 bridgehead atoms. The maximum absolute atomic E-state index is 12.1. The van der Waals surface area contributed by atoms with Crippen molar-refractivity contribution in [1.82, 2.24) is 4.57 Å². The molecule has 2 aromatic rings. The molecule has 2 N–H and O–H groups in total. The van der Waals surface area contributed by atoms with Crippen LogP contribution in [0.5, 0.6) is 0 Å². The van der Waals surface area contributed by atoms with Gasteiger partial charge in [-0.25, -0.2) is 0 Å². The Bertz CT molecular complexity index is 664. The summed E-state index contributed by atoms with van der Waals surface area (Å²) in [6, 6.07) is 9.49. The van der Waals surface area contributed by atoms with Crippen LogP contribution in [0.15, 0.2) is 35.1 Å². The van der Waals surface area contributed by atoms with Crippen molar-refractivity contribution in [2.45, 2.75) is 26.7 Å². The standard InChI is InChI=1S/C17H24N2O2/c1-4-17(5-2,12-20)11-18-14-10-16(21)19(3)15-9-7-6-8-13(14)15/h6-10,18,20H,4-5,11-12H2,1-3H3. The van der Waals surface area contributed by atoms with E-state index in [1.165, 1.54) is 0 Å². The van der Waals surface area contributed by atoms with Gasteiger partial charge in [-0.3, -0.25) is 4.79 Å². The fourth-order valence-electron chi connectivity index (χ4n) is 2.62. The van der Waals surface area contributed by atoms with Crippen LogP contribution in [0.2, 0.25) is 0 Å². The smallest absolute Gasteiger partial charge is 0.252 e. The summed E-state index contributed by atoms with van der Waals surface area (Å²) in [6.07, 6.45) is 1.80. The predicted octanol–water partition coefficient (Wildman–Crippen LogP) is 2.75. The Morgan fingerprint density at radius 3 is 2.52 bits per heavy atom. The van der Waals surface area contributed by atoms with Crippen LogP contribution in [-0.2, 0) is 7.05 Å². The van der Waals surface area contributed by atoms with Crippen molar-refractivity contribution in [3.63, 3.8) is 0 Å². The van der Waals surface area contributed by atoms with Crippen LogP contribution in [0.25, 0.3) is 10.9 Å². The normalized spacial score (nSPS) is 11.8. The summed E-state index contributed by atoms with van der Waals surface area (Å²) >= 11 is 0. The highest BCUT2D eigenvalue weighted by Gasteiger charge is 2.25. The molecule has 4 heteroatoms. The molecule has 0 unspecified atom stereocenters. The Balaban J connectivity index is 2.39. The lowest BCUT2D eigenvalue weighted by Crippen LogP contribution is -2.32. The number of aromatic nitrogens is 1. The monoisotopic (exact) mass is 288 g/mol. The molecule has 1 heterocycles. The number of pyridine rings is 1. The van der Waals surface area contributed by atoms with E-state index in [0.717, 1.165) is 29.4 Å². The van der Waals surface area contributed by atoms with Crippen molar-refractivity contribution < 1.29 is 5.11 Å². The summed E-state index contributed by atoms with van der Waals surface area (Å²) < 4.78 is 1.65. The zero-order valence-electron chi connectivity index (χ0n) is 13.0. The van der Waals surface area contributed by atoms with Crippen LogP contribution in [0, 0.1) is 5.41 Å². The summed E-state index contributed by atoms with van der Waals surface area (Å²) in [7, 11) is 1.78. The van der Waals surface area contributed by atoms with E-state index in [4.69, 9.17) is 0 Å². The Morgan fingerprint density at radius 2 is 1.90 bits per heavy atom. The van der Waals surface area contributed by atoms with Gasteiger partial charge in [0, 0.05) is 36.1 Å². The van der Waals surface area contributed by atoms with Gasteiger partial charge < -0.3 is 15.0 Å². The van der Waals surface area contributed by atoms with Gasteiger partial charge >= 0.3 is 0 Å². The maximum Gasteiger partial charge on any atom is 0.252 e. The van der Waals surface area contributed by atoms with Crippen molar-refractivity contribution in [3.05, 3.63) is 40.7 Å². The lowest BCUT2D eigenvalue weighted by atomic mass is 9.83. The van der Waals surface area contributed by atoms with E-state index in [0.29, 0.717) is 6.54 Å². The van der Waals surface area contributed by atoms with Gasteiger partial charge in [-0.2, -0.15) is 0 Å². The zero-order chi connectivity index (χ0) is 15.5. The fourth-order valence-corrected chi connectivity index (χ4v) is 2.62. The molecule has 0 atom stereocenters. The Hall–Kier alpha value is -1.81. The van der Waals surface area contributed by atoms with Gasteiger partial charge in [0.05, 0.1) is 12.1 Å². The Labute approximate surface area is 125 Å². The number of rotatable bonds is 6. The summed E-state index contributed by atoms with van der Waals surface area (Å²) in [5.74, 6) is 0. The number of aliphatic hydroxyl groups is 1. The third-order valence-corrected chi connectivity index (χ3v) is 4.64. The third kappa shape index (κ3) is 2.95. The van der Waals surface area contributed by atoms with Crippen molar-refractivity contribution in [1.29, 1.82) is 0 Å². The quantitative estimate of drug-likeness (QED) is 0.859. The van der Waals surface area contributed by atoms with Crippen LogP contribution >= 0.6 is 0 Å². The predicted molar refractivity (Wildman–Crippen MR) is 87.8 cm³/mol. The number of hydrogen-bond donors (Lipinski definition) is 2. The molecule has 0 aliphatic heterocycles. The Morgan fingerprint density at radius 1 is 1.24 bits per heavy atom. The highest BCUT2D eigenvalue weighted by Crippen LogP contribution is 2.28. The van der Waals surface area contributed by atoms with Crippen LogP contribution in [0.4, 0.5) is 5.69 Å². The van der Waals surface area contributed by atoms with E-state index in [-0.39, 0.29) is 17.6 Å². The first-order valence-corrected chi connectivity index (χ1v) is 7.50. The zero-order valence-corrected chi connectivity index (χ0v) is 13.0. The van der Waals surface area contributed by atoms with Crippen molar-refractivity contribution in [2.75, 3.05) is 18.5 Å². The average Bonchev–Trinajstić information content (AvgIpc) is 2.53. The highest BCUT2D eigenvalue weighted by molar-refractivity contribution is 5.91. The summed E-state index contributed by atoms with van der Waals surface area (Å²) in [5, 5.41) is 14.1. The molecular weight excluding hydrogens is 264 g/mol. The average molecular weight is 288 g/mol. The van der Waals surface area contributed by atoms with Crippen molar-refractivity contribution in [3.8, 4) is 0 Å². The molecule has 21 heavy (non-hydrogen) atoms. The number of para-hydroxylation sites is 1. The van der Waals surface area contributed by atoms with E-state index in [9.17, 15) is 9.90 Å². The molecule has 114 valence electrons. The van der Waals surface area contributed by atoms with Crippen molar-refractivity contribution in [2.24, 2.45) is 12.5 Å². The number of aryl methyl sites for hydroxylation is 1. The molecule has 4 nitrogen and oxygen atoms in total. The number of nitrogens with zero attached hydrogens (tertiary/aromatic N) is 1. The number of aliphatic hydroxyl groups excluding tert-OH is 1. The van der Waals surface area contributed by atoms with Gasteiger partial charge in [0.2, 0.25) is 0 Å². The van der Waals surface area contributed by atoms with Crippen LogP contribution in [0.3, 0.4) is 0 Å². The second-order valence-corrected chi connectivity index (χ2v) is 5.69. The minimum atomic E-state index is -0.137. The van der Waals surface area contributed by atoms with E-state index < -0.39 is 0 Å². The van der Waals surface area contributed by atoms with E-state index >= 15 is 0 Å². The summed E-state index contributed by atoms with van der Waals surface area (Å²) in [4.78, 5) is 12.1. The topological polar surface area (TPSA) is 54.3 Å². The van der Waals surface area contributed by atoms with E-state index in [1.807, 2.05) is 24.3 Å². The molecule has 0 aliphatic carbocycles. The van der Waals surface area contributed by atoms with Crippen LogP contribution < -0.4 is 10.9 Å². The second kappa shape index (κ2) is 6.31. The molecule has 0 radical (unpaired) electrons. The maximum atomic E-state index is 12.1. The molecule has 0 aliphatic rings. The third-order valence-electron chi connectivity index (χ3n) is 4.64. The minimum absolute atomic E-state index is 0.0289. The number of nitrogens with one attached hydrogen (secondary N) is 1. The summed E-state index contributed by atoms with van der Waals surface area (Å²) in [6.45, 7) is 4.98. The van der Waals surface area contributed by atoms with Gasteiger partial charge in [-0.1, -0.05) is 32.0 Å². The second-order valence-electron chi connectivity index (χ2n) is 5.69. The van der Waals surface area contributed by atoms with Gasteiger partial charge in [-0.05, 0) is 18.9 Å². The van der Waals surface area contributed by atoms with E-state index in [2.05, 4.69) is 19.2 Å². The highest BCUT2D eigenvalue weighted by atomic mass is 16.3. The number of anilines is 1. The molecule has 0 fully saturated rings. The SMILES string of the molecule is CCC(CC)(CO)CNc1cc(=O)n(C)c2ccccc12. The van der Waals surface area contributed by atoms with Gasteiger partial charge in [-0.15, -0.1) is 0 Å². The number of hydrogen-bond acceptors (Lipinski definition) is 3. The molecule has 2 rings (SSSR count). The molecule has 0 saturated heterocycles. The van der Waals surface area contributed by atoms with Crippen LogP contribution in [-0.4, -0.2) is 22.8 Å². The van der Waals surface area contributed by atoms with Crippen molar-refractivity contribution >= 4 is 16.6 Å². The first-order valence-electron chi connectivity index (χ1n) is 7.50. The fraction of sp³-hybridized carbons (Fsp3) is 0.471. The van der Waals surface area contributed by atoms with E-state index in [1.54, 1.807) is 17.7 Å². The molecule has 1 aromatic heterocycles. The molecule has 0 saturated carbocycles. The largest absolute Gasteiger partial charge is 0.396 e. The number of fused-ring (bicyclic) bond motifs is 1. The molecule has 0 amide bonds. The van der Waals surface area contributed by atoms with Gasteiger partial charge in [0.1, 0.15) is 0 Å². The molecular formula is C17H24N2O2. The Kier molecular flexibility index (Phi) is 4.68. The first kappa shape index (κ1) is 15.6. The molecule has 1 aromatic carbocycles. The van der Waals surface area contributed by atoms with Gasteiger partial charge in [0.25, 0.3) is 5.56 Å². The summed E-state index contributed by atoms with van der Waals surface area (Å²) in [5.41, 5.74) is 1.59. The molecule has 0 spiro atoms. The van der Waals surface area contributed by atoms with Gasteiger partial charge in [0.15, 0.2) is 0 Å². The minimum Gasteiger partial charge on any atom is -0.396 e.